The summed E-state index contributed by atoms with van der Waals surface area (Å²) in [4.78, 5) is 11.9. The highest BCUT2D eigenvalue weighted by Gasteiger charge is 2.16. The van der Waals surface area contributed by atoms with Crippen LogP contribution in [-0.2, 0) is 5.33 Å². The average molecular weight is 298 g/mol. The Balaban J connectivity index is 2.58. The zero-order valence-electron chi connectivity index (χ0n) is 10.7. The van der Waals surface area contributed by atoms with E-state index in [1.807, 2.05) is 24.3 Å². The molecule has 1 amide bonds. The minimum Gasteiger partial charge on any atom is -0.352 e. The number of carbonyl (C=O) groups excluding carboxylic acids is 1. The maximum absolute atomic E-state index is 11.9. The Labute approximate surface area is 112 Å². The van der Waals surface area contributed by atoms with Crippen molar-refractivity contribution in [2.24, 2.45) is 5.41 Å². The molecule has 0 bridgehead atoms. The third-order valence-corrected chi connectivity index (χ3v) is 3.70. The van der Waals surface area contributed by atoms with Crippen molar-refractivity contribution in [1.82, 2.24) is 5.32 Å². The van der Waals surface area contributed by atoms with Crippen LogP contribution < -0.4 is 5.32 Å². The molecule has 0 aliphatic rings. The van der Waals surface area contributed by atoms with Crippen molar-refractivity contribution in [2.75, 3.05) is 6.54 Å². The van der Waals surface area contributed by atoms with Gasteiger partial charge in [-0.1, -0.05) is 48.8 Å². The zero-order valence-corrected chi connectivity index (χ0v) is 12.3. The molecule has 0 aromatic heterocycles. The lowest BCUT2D eigenvalue weighted by Gasteiger charge is -2.22. The van der Waals surface area contributed by atoms with Gasteiger partial charge >= 0.3 is 0 Å². The number of amides is 1. The fourth-order valence-corrected chi connectivity index (χ4v) is 1.67. The maximum atomic E-state index is 11.9. The molecule has 1 aromatic rings. The number of benzene rings is 1. The molecule has 0 aliphatic carbocycles. The van der Waals surface area contributed by atoms with E-state index in [1.54, 1.807) is 0 Å². The van der Waals surface area contributed by atoms with E-state index in [9.17, 15) is 4.79 Å². The summed E-state index contributed by atoms with van der Waals surface area (Å²) in [6.45, 7) is 7.15. The summed E-state index contributed by atoms with van der Waals surface area (Å²) in [6.07, 6.45) is 1.05. The minimum absolute atomic E-state index is 0.00708. The van der Waals surface area contributed by atoms with Crippen molar-refractivity contribution in [3.05, 3.63) is 35.4 Å². The van der Waals surface area contributed by atoms with Crippen LogP contribution in [-0.4, -0.2) is 12.5 Å². The predicted octanol–water partition coefficient (Wildman–Crippen LogP) is 3.75. The molecule has 0 atom stereocenters. The van der Waals surface area contributed by atoms with Crippen LogP contribution in [0, 0.1) is 5.41 Å². The lowest BCUT2D eigenvalue weighted by molar-refractivity contribution is 0.0935. The van der Waals surface area contributed by atoms with Gasteiger partial charge in [0.25, 0.3) is 5.91 Å². The van der Waals surface area contributed by atoms with Crippen LogP contribution in [0.15, 0.2) is 24.3 Å². The van der Waals surface area contributed by atoms with Gasteiger partial charge in [0.2, 0.25) is 0 Å². The molecule has 1 rings (SSSR count). The monoisotopic (exact) mass is 297 g/mol. The summed E-state index contributed by atoms with van der Waals surface area (Å²) in [5, 5.41) is 3.79. The number of nitrogens with one attached hydrogen (secondary N) is 1. The van der Waals surface area contributed by atoms with Crippen LogP contribution >= 0.6 is 15.9 Å². The number of rotatable bonds is 5. The number of alkyl halides is 1. The van der Waals surface area contributed by atoms with E-state index in [-0.39, 0.29) is 11.3 Å². The van der Waals surface area contributed by atoms with Gasteiger partial charge in [0, 0.05) is 17.4 Å². The van der Waals surface area contributed by atoms with Gasteiger partial charge in [-0.3, -0.25) is 4.79 Å². The van der Waals surface area contributed by atoms with Crippen molar-refractivity contribution in [1.29, 1.82) is 0 Å². The molecule has 94 valence electrons. The van der Waals surface area contributed by atoms with Crippen LogP contribution in [0.3, 0.4) is 0 Å². The fraction of sp³-hybridized carbons (Fsp3) is 0.500. The Bertz CT molecular complexity index is 370. The largest absolute Gasteiger partial charge is 0.352 e. The van der Waals surface area contributed by atoms with Gasteiger partial charge in [-0.2, -0.15) is 0 Å². The molecule has 1 N–H and O–H groups in total. The molecule has 2 nitrogen and oxygen atoms in total. The quantitative estimate of drug-likeness (QED) is 0.824. The standard InChI is InChI=1S/C14H20BrNO/c1-4-14(2,3)10-16-13(17)12-7-5-11(9-15)6-8-12/h5-8H,4,9-10H2,1-3H3,(H,16,17). The Hall–Kier alpha value is -0.830. The van der Waals surface area contributed by atoms with E-state index < -0.39 is 0 Å². The molecule has 3 heteroatoms. The number of halogens is 1. The number of hydrogen-bond donors (Lipinski definition) is 1. The van der Waals surface area contributed by atoms with Gasteiger partial charge in [-0.15, -0.1) is 0 Å². The molecule has 0 unspecified atom stereocenters. The van der Waals surface area contributed by atoms with E-state index in [0.29, 0.717) is 6.54 Å². The fourth-order valence-electron chi connectivity index (χ4n) is 1.29. The van der Waals surface area contributed by atoms with Crippen molar-refractivity contribution in [2.45, 2.75) is 32.5 Å². The van der Waals surface area contributed by atoms with Crippen molar-refractivity contribution >= 4 is 21.8 Å². The van der Waals surface area contributed by atoms with E-state index in [0.717, 1.165) is 17.3 Å². The molecular weight excluding hydrogens is 278 g/mol. The molecule has 0 heterocycles. The maximum Gasteiger partial charge on any atom is 0.251 e. The normalized spacial score (nSPS) is 11.3. The highest BCUT2D eigenvalue weighted by atomic mass is 79.9. The van der Waals surface area contributed by atoms with E-state index in [1.165, 1.54) is 5.56 Å². The number of carbonyl (C=O) groups is 1. The summed E-state index contributed by atoms with van der Waals surface area (Å²) in [6, 6.07) is 7.67. The Morgan fingerprint density at radius 3 is 2.35 bits per heavy atom. The third kappa shape index (κ3) is 4.50. The van der Waals surface area contributed by atoms with Gasteiger partial charge in [-0.25, -0.2) is 0 Å². The van der Waals surface area contributed by atoms with E-state index in [2.05, 4.69) is 42.0 Å². The van der Waals surface area contributed by atoms with Crippen LogP contribution in [0.1, 0.15) is 43.1 Å². The second-order valence-electron chi connectivity index (χ2n) is 5.03. The predicted molar refractivity (Wildman–Crippen MR) is 75.5 cm³/mol. The zero-order chi connectivity index (χ0) is 12.9. The van der Waals surface area contributed by atoms with Gasteiger partial charge in [0.05, 0.1) is 0 Å². The molecule has 1 aromatic carbocycles. The minimum atomic E-state index is 0.00708. The Morgan fingerprint density at radius 2 is 1.88 bits per heavy atom. The molecule has 0 fully saturated rings. The average Bonchev–Trinajstić information content (AvgIpc) is 2.36. The van der Waals surface area contributed by atoms with Crippen molar-refractivity contribution < 1.29 is 4.79 Å². The Kier molecular flexibility index (Phi) is 5.19. The van der Waals surface area contributed by atoms with Gasteiger partial charge in [0.1, 0.15) is 0 Å². The highest BCUT2D eigenvalue weighted by molar-refractivity contribution is 9.08. The molecule has 0 radical (unpaired) electrons. The summed E-state index contributed by atoms with van der Waals surface area (Å²) in [7, 11) is 0. The molecule has 0 saturated carbocycles. The summed E-state index contributed by atoms with van der Waals surface area (Å²) >= 11 is 3.38. The van der Waals surface area contributed by atoms with Crippen molar-refractivity contribution in [3.8, 4) is 0 Å². The second kappa shape index (κ2) is 6.20. The van der Waals surface area contributed by atoms with Crippen LogP contribution in [0.5, 0.6) is 0 Å². The van der Waals surface area contributed by atoms with Crippen LogP contribution in [0.4, 0.5) is 0 Å². The van der Waals surface area contributed by atoms with Gasteiger partial charge < -0.3 is 5.32 Å². The molecular formula is C14H20BrNO. The first-order valence-electron chi connectivity index (χ1n) is 5.91. The van der Waals surface area contributed by atoms with E-state index in [4.69, 9.17) is 0 Å². The Morgan fingerprint density at radius 1 is 1.29 bits per heavy atom. The summed E-state index contributed by atoms with van der Waals surface area (Å²) < 4.78 is 0. The van der Waals surface area contributed by atoms with Crippen LogP contribution in [0.2, 0.25) is 0 Å². The molecule has 0 aliphatic heterocycles. The molecule has 0 saturated heterocycles. The summed E-state index contributed by atoms with van der Waals surface area (Å²) in [5.74, 6) is 0.00708. The van der Waals surface area contributed by atoms with E-state index >= 15 is 0 Å². The SMILES string of the molecule is CCC(C)(C)CNC(=O)c1ccc(CBr)cc1. The first-order valence-corrected chi connectivity index (χ1v) is 7.04. The smallest absolute Gasteiger partial charge is 0.251 e. The van der Waals surface area contributed by atoms with Gasteiger partial charge in [-0.05, 0) is 29.5 Å². The van der Waals surface area contributed by atoms with Crippen molar-refractivity contribution in [3.63, 3.8) is 0 Å². The lowest BCUT2D eigenvalue weighted by Crippen LogP contribution is -2.33. The second-order valence-corrected chi connectivity index (χ2v) is 5.59. The van der Waals surface area contributed by atoms with Gasteiger partial charge in [0.15, 0.2) is 0 Å². The number of hydrogen-bond acceptors (Lipinski definition) is 1. The van der Waals surface area contributed by atoms with Crippen LogP contribution in [0.25, 0.3) is 0 Å². The highest BCUT2D eigenvalue weighted by Crippen LogP contribution is 2.18. The summed E-state index contributed by atoms with van der Waals surface area (Å²) in [5.41, 5.74) is 2.06. The molecule has 0 spiro atoms. The first-order chi connectivity index (χ1) is 7.98. The molecule has 17 heavy (non-hydrogen) atoms. The first kappa shape index (κ1) is 14.2. The lowest BCUT2D eigenvalue weighted by atomic mass is 9.90. The third-order valence-electron chi connectivity index (χ3n) is 3.06. The topological polar surface area (TPSA) is 29.1 Å².